The van der Waals surface area contributed by atoms with Crippen molar-refractivity contribution in [1.29, 1.82) is 0 Å². The number of benzene rings is 1. The number of hydrogen-bond donors (Lipinski definition) is 1. The Bertz CT molecular complexity index is 849. The molecule has 1 N–H and O–H groups in total. The molecule has 2 heterocycles. The Kier molecular flexibility index (Phi) is 4.57. The summed E-state index contributed by atoms with van der Waals surface area (Å²) in [6.07, 6.45) is 1.89. The number of nitrogens with zero attached hydrogens (tertiary/aromatic N) is 3. The van der Waals surface area contributed by atoms with Crippen LogP contribution in [0.4, 0.5) is 5.69 Å². The Hall–Kier alpha value is -2.34. The number of fused-ring (bicyclic) bond motifs is 1. The lowest BCUT2D eigenvalue weighted by atomic mass is 9.87. The van der Waals surface area contributed by atoms with Crippen LogP contribution < -0.4 is 5.32 Å². The van der Waals surface area contributed by atoms with Gasteiger partial charge < -0.3 is 5.32 Å². The molecule has 1 amide bonds. The molecule has 6 heteroatoms. The zero-order chi connectivity index (χ0) is 17.2. The topological polar surface area (TPSA) is 59.3 Å². The van der Waals surface area contributed by atoms with Crippen molar-refractivity contribution < 1.29 is 4.79 Å². The van der Waals surface area contributed by atoms with E-state index in [9.17, 15) is 4.79 Å². The van der Waals surface area contributed by atoms with Gasteiger partial charge in [-0.3, -0.25) is 9.20 Å². The van der Waals surface area contributed by atoms with Crippen LogP contribution in [-0.2, 0) is 10.2 Å². The van der Waals surface area contributed by atoms with Crippen molar-refractivity contribution in [2.24, 2.45) is 0 Å². The minimum Gasteiger partial charge on any atom is -0.325 e. The number of pyridine rings is 1. The molecule has 0 aliphatic carbocycles. The van der Waals surface area contributed by atoms with Gasteiger partial charge in [-0.15, -0.1) is 10.2 Å². The maximum absolute atomic E-state index is 12.1. The summed E-state index contributed by atoms with van der Waals surface area (Å²) in [7, 11) is 0. The van der Waals surface area contributed by atoms with Crippen molar-refractivity contribution in [3.63, 3.8) is 0 Å². The van der Waals surface area contributed by atoms with E-state index < -0.39 is 0 Å². The first-order valence-electron chi connectivity index (χ1n) is 7.76. The van der Waals surface area contributed by atoms with E-state index in [1.165, 1.54) is 17.3 Å². The summed E-state index contributed by atoms with van der Waals surface area (Å²) in [4.78, 5) is 12.1. The van der Waals surface area contributed by atoms with Crippen LogP contribution in [0.25, 0.3) is 5.65 Å². The first-order chi connectivity index (χ1) is 11.4. The fraction of sp³-hybridized carbons (Fsp3) is 0.278. The van der Waals surface area contributed by atoms with Crippen LogP contribution >= 0.6 is 11.8 Å². The van der Waals surface area contributed by atoms with Crippen LogP contribution in [0, 0.1) is 0 Å². The average molecular weight is 340 g/mol. The minimum absolute atomic E-state index is 0.0591. The maximum atomic E-state index is 12.1. The molecule has 0 bridgehead atoms. The molecule has 2 aromatic heterocycles. The molecular weight excluding hydrogens is 320 g/mol. The highest BCUT2D eigenvalue weighted by atomic mass is 32.2. The third kappa shape index (κ3) is 3.76. The van der Waals surface area contributed by atoms with Crippen LogP contribution in [0.1, 0.15) is 26.3 Å². The molecule has 0 radical (unpaired) electrons. The Morgan fingerprint density at radius 3 is 2.58 bits per heavy atom. The van der Waals surface area contributed by atoms with Crippen LogP contribution in [0.2, 0.25) is 0 Å². The van der Waals surface area contributed by atoms with E-state index in [4.69, 9.17) is 0 Å². The average Bonchev–Trinajstić information content (AvgIpc) is 2.96. The smallest absolute Gasteiger partial charge is 0.234 e. The number of anilines is 1. The van der Waals surface area contributed by atoms with Crippen molar-refractivity contribution in [2.45, 2.75) is 31.3 Å². The summed E-state index contributed by atoms with van der Waals surface area (Å²) in [5.41, 5.74) is 2.93. The van der Waals surface area contributed by atoms with E-state index in [0.717, 1.165) is 11.3 Å². The van der Waals surface area contributed by atoms with Crippen molar-refractivity contribution in [1.82, 2.24) is 14.6 Å². The molecule has 0 atom stereocenters. The molecule has 1 aromatic carbocycles. The second kappa shape index (κ2) is 6.65. The Labute approximate surface area is 145 Å². The SMILES string of the molecule is CC(C)(C)c1ccc(NC(=O)CSc2nnc3ccccn23)cc1. The normalized spacial score (nSPS) is 11.6. The predicted molar refractivity (Wildman–Crippen MR) is 97.5 cm³/mol. The van der Waals surface area contributed by atoms with Crippen LogP contribution in [0.5, 0.6) is 0 Å². The third-order valence-electron chi connectivity index (χ3n) is 3.65. The van der Waals surface area contributed by atoms with Crippen molar-refractivity contribution >= 4 is 29.0 Å². The molecule has 24 heavy (non-hydrogen) atoms. The zero-order valence-corrected chi connectivity index (χ0v) is 14.8. The van der Waals surface area contributed by atoms with Gasteiger partial charge in [0.25, 0.3) is 0 Å². The van der Waals surface area contributed by atoms with Gasteiger partial charge >= 0.3 is 0 Å². The summed E-state index contributed by atoms with van der Waals surface area (Å²) in [6.45, 7) is 6.50. The number of rotatable bonds is 4. The van der Waals surface area contributed by atoms with E-state index >= 15 is 0 Å². The lowest BCUT2D eigenvalue weighted by Gasteiger charge is -2.19. The summed E-state index contributed by atoms with van der Waals surface area (Å²) < 4.78 is 1.87. The highest BCUT2D eigenvalue weighted by Gasteiger charge is 2.13. The molecule has 0 saturated carbocycles. The molecular formula is C18H20N4OS. The number of carbonyl (C=O) groups is 1. The molecule has 0 aliphatic rings. The zero-order valence-electron chi connectivity index (χ0n) is 14.0. The van der Waals surface area contributed by atoms with E-state index in [1.54, 1.807) is 0 Å². The monoisotopic (exact) mass is 340 g/mol. The van der Waals surface area contributed by atoms with Crippen molar-refractivity contribution in [3.8, 4) is 0 Å². The Morgan fingerprint density at radius 1 is 1.12 bits per heavy atom. The third-order valence-corrected chi connectivity index (χ3v) is 4.59. The summed E-state index contributed by atoms with van der Waals surface area (Å²) >= 11 is 1.37. The Balaban J connectivity index is 1.60. The first kappa shape index (κ1) is 16.5. The van der Waals surface area contributed by atoms with Gasteiger partial charge in [0.2, 0.25) is 5.91 Å². The molecule has 5 nitrogen and oxygen atoms in total. The van der Waals surface area contributed by atoms with E-state index in [2.05, 4.69) is 48.4 Å². The lowest BCUT2D eigenvalue weighted by Crippen LogP contribution is -2.15. The molecule has 0 spiro atoms. The second-order valence-corrected chi connectivity index (χ2v) is 7.52. The molecule has 124 valence electrons. The quantitative estimate of drug-likeness (QED) is 0.735. The number of nitrogens with one attached hydrogen (secondary N) is 1. The molecule has 3 rings (SSSR count). The summed E-state index contributed by atoms with van der Waals surface area (Å²) in [6, 6.07) is 13.7. The van der Waals surface area contributed by atoms with Gasteiger partial charge in [-0.05, 0) is 35.2 Å². The number of hydrogen-bond acceptors (Lipinski definition) is 4. The van der Waals surface area contributed by atoms with Gasteiger partial charge in [0, 0.05) is 11.9 Å². The number of thioether (sulfide) groups is 1. The predicted octanol–water partition coefficient (Wildman–Crippen LogP) is 3.76. The van der Waals surface area contributed by atoms with Crippen molar-refractivity contribution in [3.05, 3.63) is 54.2 Å². The molecule has 0 saturated heterocycles. The molecule has 0 fully saturated rings. The number of carbonyl (C=O) groups excluding carboxylic acids is 1. The van der Waals surface area contributed by atoms with Crippen LogP contribution in [0.15, 0.2) is 53.8 Å². The lowest BCUT2D eigenvalue weighted by molar-refractivity contribution is -0.113. The van der Waals surface area contributed by atoms with Gasteiger partial charge in [-0.2, -0.15) is 0 Å². The maximum Gasteiger partial charge on any atom is 0.234 e. The Morgan fingerprint density at radius 2 is 1.88 bits per heavy atom. The fourth-order valence-electron chi connectivity index (χ4n) is 2.30. The highest BCUT2D eigenvalue weighted by Crippen LogP contribution is 2.23. The van der Waals surface area contributed by atoms with Crippen LogP contribution in [-0.4, -0.2) is 26.3 Å². The van der Waals surface area contributed by atoms with Gasteiger partial charge in [-0.1, -0.05) is 50.7 Å². The van der Waals surface area contributed by atoms with Crippen LogP contribution in [0.3, 0.4) is 0 Å². The summed E-state index contributed by atoms with van der Waals surface area (Å²) in [5.74, 6) is 0.229. The van der Waals surface area contributed by atoms with Gasteiger partial charge in [0.05, 0.1) is 5.75 Å². The van der Waals surface area contributed by atoms with E-state index in [1.807, 2.05) is 40.9 Å². The second-order valence-electron chi connectivity index (χ2n) is 6.58. The van der Waals surface area contributed by atoms with Gasteiger partial charge in [0.15, 0.2) is 10.8 Å². The van der Waals surface area contributed by atoms with E-state index in [-0.39, 0.29) is 17.1 Å². The van der Waals surface area contributed by atoms with Gasteiger partial charge in [-0.25, -0.2) is 0 Å². The van der Waals surface area contributed by atoms with Crippen molar-refractivity contribution in [2.75, 3.05) is 11.1 Å². The highest BCUT2D eigenvalue weighted by molar-refractivity contribution is 7.99. The number of amides is 1. The standard InChI is InChI=1S/C18H20N4OS/c1-18(2,3)13-7-9-14(10-8-13)19-16(23)12-24-17-21-20-15-6-4-5-11-22(15)17/h4-11H,12H2,1-3H3,(H,19,23). The van der Waals surface area contributed by atoms with Gasteiger partial charge in [0.1, 0.15) is 0 Å². The first-order valence-corrected chi connectivity index (χ1v) is 8.75. The minimum atomic E-state index is -0.0591. The molecule has 0 aliphatic heterocycles. The van der Waals surface area contributed by atoms with E-state index in [0.29, 0.717) is 5.16 Å². The fourth-order valence-corrected chi connectivity index (χ4v) is 3.02. The molecule has 3 aromatic rings. The number of aromatic nitrogens is 3. The largest absolute Gasteiger partial charge is 0.325 e. The molecule has 0 unspecified atom stereocenters. The summed E-state index contributed by atoms with van der Waals surface area (Å²) in [5, 5.41) is 11.8.